The van der Waals surface area contributed by atoms with E-state index in [9.17, 15) is 0 Å². The van der Waals surface area contributed by atoms with Crippen LogP contribution in [0, 0.1) is 0 Å². The Hall–Kier alpha value is -1.55. The van der Waals surface area contributed by atoms with Crippen LogP contribution in [0.25, 0.3) is 0 Å². The first-order valence-corrected chi connectivity index (χ1v) is 4.93. The van der Waals surface area contributed by atoms with Gasteiger partial charge in [-0.15, -0.1) is 0 Å². The SMILES string of the molecule is OCCOc1ccc2c(c1)CC/C2=N\O. The second-order valence-electron chi connectivity index (χ2n) is 3.44. The van der Waals surface area contributed by atoms with E-state index in [1.54, 1.807) is 0 Å². The molecule has 1 aromatic carbocycles. The molecular formula is C11H13NO3. The van der Waals surface area contributed by atoms with E-state index in [0.717, 1.165) is 35.4 Å². The summed E-state index contributed by atoms with van der Waals surface area (Å²) < 4.78 is 5.30. The second-order valence-corrected chi connectivity index (χ2v) is 3.44. The highest BCUT2D eigenvalue weighted by Crippen LogP contribution is 2.26. The van der Waals surface area contributed by atoms with Gasteiger partial charge < -0.3 is 15.1 Å². The van der Waals surface area contributed by atoms with Crippen LogP contribution in [0.15, 0.2) is 23.4 Å². The van der Waals surface area contributed by atoms with E-state index in [2.05, 4.69) is 5.16 Å². The van der Waals surface area contributed by atoms with Crippen molar-refractivity contribution in [2.75, 3.05) is 13.2 Å². The Morgan fingerprint density at radius 2 is 2.20 bits per heavy atom. The molecule has 0 fully saturated rings. The second kappa shape index (κ2) is 4.31. The summed E-state index contributed by atoms with van der Waals surface area (Å²) in [5.74, 6) is 0.752. The lowest BCUT2D eigenvalue weighted by molar-refractivity contribution is 0.201. The molecule has 0 heterocycles. The van der Waals surface area contributed by atoms with E-state index in [-0.39, 0.29) is 6.61 Å². The van der Waals surface area contributed by atoms with Crippen molar-refractivity contribution in [3.63, 3.8) is 0 Å². The largest absolute Gasteiger partial charge is 0.491 e. The van der Waals surface area contributed by atoms with E-state index in [1.807, 2.05) is 18.2 Å². The number of nitrogens with zero attached hydrogens (tertiary/aromatic N) is 1. The minimum absolute atomic E-state index is 0.0143. The number of benzene rings is 1. The van der Waals surface area contributed by atoms with Crippen LogP contribution in [0.1, 0.15) is 17.5 Å². The van der Waals surface area contributed by atoms with E-state index in [4.69, 9.17) is 15.1 Å². The number of ether oxygens (including phenoxy) is 1. The standard InChI is InChI=1S/C11H13NO3/c13-5-6-15-9-2-3-10-8(7-9)1-4-11(10)12-14/h2-3,7,13-14H,1,4-6H2/b12-11+. The molecule has 15 heavy (non-hydrogen) atoms. The number of fused-ring (bicyclic) bond motifs is 1. The van der Waals surface area contributed by atoms with Crippen LogP contribution in [0.3, 0.4) is 0 Å². The molecular weight excluding hydrogens is 194 g/mol. The summed E-state index contributed by atoms with van der Waals surface area (Å²) in [5, 5.41) is 20.6. The zero-order valence-electron chi connectivity index (χ0n) is 8.31. The van der Waals surface area contributed by atoms with Crippen molar-refractivity contribution in [1.29, 1.82) is 0 Å². The van der Waals surface area contributed by atoms with Crippen molar-refractivity contribution in [2.45, 2.75) is 12.8 Å². The number of hydrogen-bond acceptors (Lipinski definition) is 4. The molecule has 0 aromatic heterocycles. The maximum atomic E-state index is 8.75. The van der Waals surface area contributed by atoms with E-state index in [1.165, 1.54) is 0 Å². The third-order valence-corrected chi connectivity index (χ3v) is 2.50. The highest BCUT2D eigenvalue weighted by molar-refractivity contribution is 6.04. The van der Waals surface area contributed by atoms with Gasteiger partial charge in [0.1, 0.15) is 12.4 Å². The van der Waals surface area contributed by atoms with Crippen LogP contribution < -0.4 is 4.74 Å². The van der Waals surface area contributed by atoms with Crippen LogP contribution >= 0.6 is 0 Å². The van der Waals surface area contributed by atoms with Crippen LogP contribution in [0.5, 0.6) is 5.75 Å². The molecule has 0 spiro atoms. The average Bonchev–Trinajstić information content (AvgIpc) is 2.68. The van der Waals surface area contributed by atoms with Crippen molar-refractivity contribution in [3.8, 4) is 5.75 Å². The average molecular weight is 207 g/mol. The van der Waals surface area contributed by atoms with Gasteiger partial charge in [0, 0.05) is 5.56 Å². The summed E-state index contributed by atoms with van der Waals surface area (Å²) in [6.07, 6.45) is 1.65. The van der Waals surface area contributed by atoms with E-state index < -0.39 is 0 Å². The molecule has 4 nitrogen and oxygen atoms in total. The molecule has 4 heteroatoms. The molecule has 0 unspecified atom stereocenters. The van der Waals surface area contributed by atoms with Crippen molar-refractivity contribution < 1.29 is 15.1 Å². The maximum Gasteiger partial charge on any atom is 0.119 e. The highest BCUT2D eigenvalue weighted by Gasteiger charge is 2.18. The minimum Gasteiger partial charge on any atom is -0.491 e. The molecule has 0 amide bonds. The molecule has 0 atom stereocenters. The topological polar surface area (TPSA) is 62.0 Å². The smallest absolute Gasteiger partial charge is 0.119 e. The quantitative estimate of drug-likeness (QED) is 0.578. The molecule has 2 N–H and O–H groups in total. The lowest BCUT2D eigenvalue weighted by Crippen LogP contribution is -2.02. The van der Waals surface area contributed by atoms with Crippen LogP contribution in [0.4, 0.5) is 0 Å². The number of aryl methyl sites for hydroxylation is 1. The highest BCUT2D eigenvalue weighted by atomic mass is 16.5. The zero-order chi connectivity index (χ0) is 10.7. The number of rotatable bonds is 3. The maximum absolute atomic E-state index is 8.75. The van der Waals surface area contributed by atoms with Gasteiger partial charge in [-0.1, -0.05) is 5.16 Å². The Bertz CT molecular complexity index is 387. The van der Waals surface area contributed by atoms with E-state index in [0.29, 0.717) is 6.61 Å². The van der Waals surface area contributed by atoms with Gasteiger partial charge in [-0.3, -0.25) is 0 Å². The number of hydrogen-bond donors (Lipinski definition) is 2. The number of aliphatic hydroxyl groups excluding tert-OH is 1. The molecule has 0 radical (unpaired) electrons. The summed E-state index contributed by atoms with van der Waals surface area (Å²) in [4.78, 5) is 0. The van der Waals surface area contributed by atoms with Gasteiger partial charge >= 0.3 is 0 Å². The predicted molar refractivity (Wildman–Crippen MR) is 55.7 cm³/mol. The Morgan fingerprint density at radius 1 is 1.33 bits per heavy atom. The Kier molecular flexibility index (Phi) is 2.87. The Balaban J connectivity index is 2.21. The molecule has 2 rings (SSSR count). The van der Waals surface area contributed by atoms with Gasteiger partial charge in [-0.2, -0.15) is 0 Å². The fourth-order valence-corrected chi connectivity index (χ4v) is 1.80. The lowest BCUT2D eigenvalue weighted by Gasteiger charge is -2.06. The van der Waals surface area contributed by atoms with Gasteiger partial charge in [0.2, 0.25) is 0 Å². The fraction of sp³-hybridized carbons (Fsp3) is 0.364. The molecule has 80 valence electrons. The molecule has 1 aromatic rings. The monoisotopic (exact) mass is 207 g/mol. The van der Waals surface area contributed by atoms with Gasteiger partial charge in [0.05, 0.1) is 12.3 Å². The molecule has 0 bridgehead atoms. The van der Waals surface area contributed by atoms with Gasteiger partial charge in [-0.05, 0) is 36.6 Å². The van der Waals surface area contributed by atoms with Crippen molar-refractivity contribution >= 4 is 5.71 Å². The van der Waals surface area contributed by atoms with Crippen LogP contribution in [-0.2, 0) is 6.42 Å². The number of oxime groups is 1. The summed E-state index contributed by atoms with van der Waals surface area (Å²) in [6.45, 7) is 0.320. The molecule has 1 aliphatic carbocycles. The lowest BCUT2D eigenvalue weighted by atomic mass is 10.1. The van der Waals surface area contributed by atoms with Crippen molar-refractivity contribution in [3.05, 3.63) is 29.3 Å². The number of aliphatic hydroxyl groups is 1. The van der Waals surface area contributed by atoms with Gasteiger partial charge in [0.25, 0.3) is 0 Å². The first kappa shape index (κ1) is 9.98. The normalized spacial score (nSPS) is 16.7. The molecule has 0 saturated carbocycles. The Labute approximate surface area is 87.8 Å². The molecule has 0 saturated heterocycles. The molecule has 1 aliphatic rings. The van der Waals surface area contributed by atoms with E-state index >= 15 is 0 Å². The van der Waals surface area contributed by atoms with Gasteiger partial charge in [-0.25, -0.2) is 0 Å². The summed E-state index contributed by atoms with van der Waals surface area (Å²) in [7, 11) is 0. The van der Waals surface area contributed by atoms with Crippen LogP contribution in [0.2, 0.25) is 0 Å². The third-order valence-electron chi connectivity index (χ3n) is 2.50. The van der Waals surface area contributed by atoms with Crippen molar-refractivity contribution in [1.82, 2.24) is 0 Å². The summed E-state index contributed by atoms with van der Waals surface area (Å²) >= 11 is 0. The fourth-order valence-electron chi connectivity index (χ4n) is 1.80. The van der Waals surface area contributed by atoms with Crippen LogP contribution in [-0.4, -0.2) is 29.2 Å². The predicted octanol–water partition coefficient (Wildman–Crippen LogP) is 1.18. The first-order chi connectivity index (χ1) is 7.35. The summed E-state index contributed by atoms with van der Waals surface area (Å²) in [5.41, 5.74) is 2.87. The molecule has 0 aliphatic heterocycles. The Morgan fingerprint density at radius 3 is 2.93 bits per heavy atom. The van der Waals surface area contributed by atoms with Crippen molar-refractivity contribution in [2.24, 2.45) is 5.16 Å². The summed E-state index contributed by atoms with van der Waals surface area (Å²) in [6, 6.07) is 5.65. The minimum atomic E-state index is 0.0143. The first-order valence-electron chi connectivity index (χ1n) is 4.93. The zero-order valence-corrected chi connectivity index (χ0v) is 8.31. The third kappa shape index (κ3) is 1.94. The van der Waals surface area contributed by atoms with Gasteiger partial charge in [0.15, 0.2) is 0 Å².